The maximum Gasteiger partial charge on any atom is 0.151 e. The lowest BCUT2D eigenvalue weighted by Crippen LogP contribution is -2.40. The van der Waals surface area contributed by atoms with Crippen molar-refractivity contribution in [1.29, 1.82) is 0 Å². The van der Waals surface area contributed by atoms with Gasteiger partial charge >= 0.3 is 0 Å². The predicted octanol–water partition coefficient (Wildman–Crippen LogP) is 1.06. The Labute approximate surface area is 105 Å². The van der Waals surface area contributed by atoms with E-state index < -0.39 is 5.60 Å². The minimum atomic E-state index is -0.418. The highest BCUT2D eigenvalue weighted by Gasteiger charge is 2.30. The molecule has 2 aliphatic rings. The molecule has 0 aromatic heterocycles. The number of aldehydes is 1. The van der Waals surface area contributed by atoms with E-state index in [0.29, 0.717) is 0 Å². The molecule has 1 saturated carbocycles. The van der Waals surface area contributed by atoms with Gasteiger partial charge in [-0.3, -0.25) is 0 Å². The highest BCUT2D eigenvalue weighted by atomic mass is 16.5. The van der Waals surface area contributed by atoms with Crippen molar-refractivity contribution >= 4 is 6.29 Å². The number of nitrogens with zero attached hydrogens (tertiary/aromatic N) is 1. The van der Waals surface area contributed by atoms with Crippen LogP contribution in [0.5, 0.6) is 0 Å². The molecule has 0 aromatic carbocycles. The van der Waals surface area contributed by atoms with Gasteiger partial charge in [0.15, 0.2) is 6.29 Å². The number of carbonyl (C=O) groups excluding carboxylic acids is 1. The molecule has 0 amide bonds. The summed E-state index contributed by atoms with van der Waals surface area (Å²) in [6.45, 7) is 4.74. The van der Waals surface area contributed by atoms with Gasteiger partial charge in [-0.15, -0.1) is 0 Å². The van der Waals surface area contributed by atoms with Crippen LogP contribution in [0.4, 0.5) is 0 Å². The average molecular weight is 242 g/mol. The van der Waals surface area contributed by atoms with Crippen molar-refractivity contribution in [3.8, 4) is 0 Å². The molecule has 0 radical (unpaired) electrons. The second-order valence-electron chi connectivity index (χ2n) is 5.00. The number of rotatable bonds is 2. The van der Waals surface area contributed by atoms with Crippen molar-refractivity contribution in [2.75, 3.05) is 40.3 Å². The Morgan fingerprint density at radius 2 is 1.76 bits per heavy atom. The molecule has 1 N–H and O–H groups in total. The molecule has 0 atom stereocenters. The summed E-state index contributed by atoms with van der Waals surface area (Å²) in [5, 5.41) is 3.27. The first-order valence-corrected chi connectivity index (χ1v) is 6.63. The van der Waals surface area contributed by atoms with E-state index in [4.69, 9.17) is 4.74 Å². The van der Waals surface area contributed by atoms with Gasteiger partial charge < -0.3 is 19.7 Å². The maximum atomic E-state index is 10.6. The van der Waals surface area contributed by atoms with E-state index in [0.717, 1.165) is 45.1 Å². The summed E-state index contributed by atoms with van der Waals surface area (Å²) in [5.74, 6) is 0. The van der Waals surface area contributed by atoms with Crippen molar-refractivity contribution in [3.05, 3.63) is 0 Å². The molecule has 1 heterocycles. The van der Waals surface area contributed by atoms with Crippen molar-refractivity contribution in [2.45, 2.75) is 37.7 Å². The fourth-order valence-corrected chi connectivity index (χ4v) is 2.30. The third kappa shape index (κ3) is 5.15. The zero-order chi connectivity index (χ0) is 12.6. The summed E-state index contributed by atoms with van der Waals surface area (Å²) in [6, 6.07) is 0. The fourth-order valence-electron chi connectivity index (χ4n) is 2.30. The average Bonchev–Trinajstić information content (AvgIpc) is 2.41. The molecule has 2 rings (SSSR count). The van der Waals surface area contributed by atoms with Gasteiger partial charge in [0.25, 0.3) is 0 Å². The van der Waals surface area contributed by atoms with Gasteiger partial charge in [0, 0.05) is 33.3 Å². The van der Waals surface area contributed by atoms with Gasteiger partial charge in [-0.1, -0.05) is 19.3 Å². The first-order valence-electron chi connectivity index (χ1n) is 6.63. The highest BCUT2D eigenvalue weighted by Crippen LogP contribution is 2.28. The molecule has 0 bridgehead atoms. The Morgan fingerprint density at radius 3 is 2.06 bits per heavy atom. The van der Waals surface area contributed by atoms with Gasteiger partial charge in [0.1, 0.15) is 5.60 Å². The summed E-state index contributed by atoms with van der Waals surface area (Å²) < 4.78 is 5.16. The molecule has 1 saturated heterocycles. The SMILES string of the molecule is CN1CCNCC1.COC1(C=O)CCCCC1. The second-order valence-corrected chi connectivity index (χ2v) is 5.00. The quantitative estimate of drug-likeness (QED) is 0.735. The molecule has 17 heavy (non-hydrogen) atoms. The molecule has 1 aliphatic carbocycles. The summed E-state index contributed by atoms with van der Waals surface area (Å²) in [4.78, 5) is 12.9. The summed E-state index contributed by atoms with van der Waals surface area (Å²) >= 11 is 0. The largest absolute Gasteiger partial charge is 0.371 e. The van der Waals surface area contributed by atoms with E-state index in [1.54, 1.807) is 7.11 Å². The summed E-state index contributed by atoms with van der Waals surface area (Å²) in [7, 11) is 3.78. The molecule has 1 aliphatic heterocycles. The Kier molecular flexibility index (Phi) is 6.70. The number of piperazine rings is 1. The first-order chi connectivity index (χ1) is 8.22. The monoisotopic (exact) mass is 242 g/mol. The zero-order valence-electron chi connectivity index (χ0n) is 11.2. The van der Waals surface area contributed by atoms with E-state index in [1.165, 1.54) is 19.5 Å². The van der Waals surface area contributed by atoms with Crippen molar-refractivity contribution in [1.82, 2.24) is 10.2 Å². The van der Waals surface area contributed by atoms with E-state index in [-0.39, 0.29) is 0 Å². The zero-order valence-corrected chi connectivity index (χ0v) is 11.2. The van der Waals surface area contributed by atoms with Crippen molar-refractivity contribution < 1.29 is 9.53 Å². The van der Waals surface area contributed by atoms with Crippen LogP contribution in [-0.2, 0) is 9.53 Å². The Morgan fingerprint density at radius 1 is 1.18 bits per heavy atom. The van der Waals surface area contributed by atoms with E-state index in [9.17, 15) is 4.79 Å². The molecule has 4 nitrogen and oxygen atoms in total. The normalized spacial score (nSPS) is 24.6. The molecular weight excluding hydrogens is 216 g/mol. The van der Waals surface area contributed by atoms with Gasteiger partial charge in [0.2, 0.25) is 0 Å². The van der Waals surface area contributed by atoms with Crippen LogP contribution in [0, 0.1) is 0 Å². The number of methoxy groups -OCH3 is 1. The summed E-state index contributed by atoms with van der Waals surface area (Å²) in [5.41, 5.74) is -0.418. The summed E-state index contributed by atoms with van der Waals surface area (Å²) in [6.07, 6.45) is 6.30. The number of ether oxygens (including phenoxy) is 1. The number of nitrogens with one attached hydrogen (secondary N) is 1. The van der Waals surface area contributed by atoms with Crippen LogP contribution in [0.15, 0.2) is 0 Å². The van der Waals surface area contributed by atoms with Gasteiger partial charge in [0.05, 0.1) is 0 Å². The van der Waals surface area contributed by atoms with Crippen molar-refractivity contribution in [2.24, 2.45) is 0 Å². The predicted molar refractivity (Wildman–Crippen MR) is 69.3 cm³/mol. The van der Waals surface area contributed by atoms with Gasteiger partial charge in [-0.05, 0) is 19.9 Å². The number of hydrogen-bond donors (Lipinski definition) is 1. The Hall–Kier alpha value is -0.450. The minimum absolute atomic E-state index is 0.418. The van der Waals surface area contributed by atoms with Crippen molar-refractivity contribution in [3.63, 3.8) is 0 Å². The van der Waals surface area contributed by atoms with Crippen LogP contribution in [0.3, 0.4) is 0 Å². The molecule has 0 unspecified atom stereocenters. The fraction of sp³-hybridized carbons (Fsp3) is 0.923. The lowest BCUT2D eigenvalue weighted by molar-refractivity contribution is -0.131. The lowest BCUT2D eigenvalue weighted by Gasteiger charge is -2.30. The number of likely N-dealkylation sites (N-methyl/N-ethyl adjacent to an activating group) is 1. The minimum Gasteiger partial charge on any atom is -0.371 e. The third-order valence-electron chi connectivity index (χ3n) is 3.66. The highest BCUT2D eigenvalue weighted by molar-refractivity contribution is 5.62. The van der Waals surface area contributed by atoms with Gasteiger partial charge in [-0.2, -0.15) is 0 Å². The molecule has 100 valence electrons. The molecule has 0 spiro atoms. The maximum absolute atomic E-state index is 10.6. The molecule has 4 heteroatoms. The smallest absolute Gasteiger partial charge is 0.151 e. The van der Waals surface area contributed by atoms with E-state index in [1.807, 2.05) is 0 Å². The van der Waals surface area contributed by atoms with Crippen LogP contribution in [-0.4, -0.2) is 57.1 Å². The molecule has 0 aromatic rings. The first kappa shape index (κ1) is 14.6. The topological polar surface area (TPSA) is 41.6 Å². The van der Waals surface area contributed by atoms with Crippen LogP contribution in [0.1, 0.15) is 32.1 Å². The standard InChI is InChI=1S/C8H14O2.C5H12N2/c1-10-8(7-9)5-3-2-4-6-8;1-7-4-2-6-3-5-7/h7H,2-6H2,1H3;6H,2-5H2,1H3. The molecular formula is C13H26N2O2. The van der Waals surface area contributed by atoms with Crippen LogP contribution < -0.4 is 5.32 Å². The Balaban J connectivity index is 0.000000181. The van der Waals surface area contributed by atoms with Crippen LogP contribution >= 0.6 is 0 Å². The number of carbonyl (C=O) groups is 1. The third-order valence-corrected chi connectivity index (χ3v) is 3.66. The lowest BCUT2D eigenvalue weighted by atomic mass is 9.86. The van der Waals surface area contributed by atoms with E-state index >= 15 is 0 Å². The second kappa shape index (κ2) is 7.80. The van der Waals surface area contributed by atoms with Crippen LogP contribution in [0.25, 0.3) is 0 Å². The van der Waals surface area contributed by atoms with E-state index in [2.05, 4.69) is 17.3 Å². The molecule has 2 fully saturated rings. The Bertz CT molecular complexity index is 209. The van der Waals surface area contributed by atoms with Gasteiger partial charge in [-0.25, -0.2) is 0 Å². The number of hydrogen-bond acceptors (Lipinski definition) is 4. The van der Waals surface area contributed by atoms with Crippen LogP contribution in [0.2, 0.25) is 0 Å².